The zero-order valence-corrected chi connectivity index (χ0v) is 19.4. The van der Waals surface area contributed by atoms with Crippen LogP contribution >= 0.6 is 0 Å². The van der Waals surface area contributed by atoms with Gasteiger partial charge in [0.05, 0.1) is 30.6 Å². The third-order valence-electron chi connectivity index (χ3n) is 6.69. The standard InChI is InChI=1S/C23H30N8O2/c1-14(23(2,3)32)30-13-16(11-25-30)29-10-6-7-15(12-29)20-27-21-17-8-5-9-18(33-4)19(17)26-22(24)31(21)28-20/h5,8-9,11,13-15,32H,6-7,10,12H2,1-4H3,(H2,24,26)/t14-,15+/m0/s1. The number of rotatable bonds is 5. The van der Waals surface area contributed by atoms with Gasteiger partial charge in [-0.1, -0.05) is 6.07 Å². The number of fused-ring (bicyclic) bond motifs is 3. The van der Waals surface area contributed by atoms with Crippen LogP contribution in [-0.4, -0.2) is 60.3 Å². The quantitative estimate of drug-likeness (QED) is 0.476. The van der Waals surface area contributed by atoms with Crippen LogP contribution in [-0.2, 0) is 0 Å². The highest BCUT2D eigenvalue weighted by molar-refractivity contribution is 5.95. The summed E-state index contributed by atoms with van der Waals surface area (Å²) in [5.74, 6) is 1.87. The van der Waals surface area contributed by atoms with E-state index in [1.807, 2.05) is 42.2 Å². The fourth-order valence-corrected chi connectivity index (χ4v) is 4.43. The van der Waals surface area contributed by atoms with Crippen LogP contribution in [0.15, 0.2) is 30.6 Å². The van der Waals surface area contributed by atoms with E-state index in [0.29, 0.717) is 16.9 Å². The average Bonchev–Trinajstić information content (AvgIpc) is 3.46. The van der Waals surface area contributed by atoms with Gasteiger partial charge in [-0.15, -0.1) is 5.10 Å². The number of methoxy groups -OCH3 is 1. The maximum atomic E-state index is 10.3. The van der Waals surface area contributed by atoms with Crippen LogP contribution in [0.3, 0.4) is 0 Å². The van der Waals surface area contributed by atoms with Crippen molar-refractivity contribution >= 4 is 28.2 Å². The third-order valence-corrected chi connectivity index (χ3v) is 6.69. The molecule has 1 saturated heterocycles. The number of anilines is 2. The lowest BCUT2D eigenvalue weighted by Gasteiger charge is -2.32. The first-order valence-electron chi connectivity index (χ1n) is 11.3. The van der Waals surface area contributed by atoms with Crippen LogP contribution in [0.1, 0.15) is 51.4 Å². The number of aliphatic hydroxyl groups is 1. The van der Waals surface area contributed by atoms with Crippen LogP contribution in [0.5, 0.6) is 5.75 Å². The molecule has 1 aliphatic heterocycles. The van der Waals surface area contributed by atoms with Gasteiger partial charge in [-0.2, -0.15) is 9.61 Å². The maximum absolute atomic E-state index is 10.3. The van der Waals surface area contributed by atoms with Gasteiger partial charge in [0.25, 0.3) is 0 Å². The zero-order valence-electron chi connectivity index (χ0n) is 19.4. The number of hydrogen-bond donors (Lipinski definition) is 2. The summed E-state index contributed by atoms with van der Waals surface area (Å²) in [5, 5.41) is 20.4. The number of nitrogens with zero attached hydrogens (tertiary/aromatic N) is 7. The summed E-state index contributed by atoms with van der Waals surface area (Å²) >= 11 is 0. The van der Waals surface area contributed by atoms with E-state index in [4.69, 9.17) is 20.6 Å². The predicted octanol–water partition coefficient (Wildman–Crippen LogP) is 2.78. The second-order valence-corrected chi connectivity index (χ2v) is 9.33. The molecule has 4 aromatic rings. The molecule has 1 aliphatic rings. The molecule has 0 unspecified atom stereocenters. The first-order chi connectivity index (χ1) is 15.8. The molecule has 0 spiro atoms. The number of benzene rings is 1. The van der Waals surface area contributed by atoms with Crippen LogP contribution < -0.4 is 15.4 Å². The van der Waals surface area contributed by atoms with Crippen molar-refractivity contribution in [3.8, 4) is 5.75 Å². The fraction of sp³-hybridized carbons (Fsp3) is 0.478. The van der Waals surface area contributed by atoms with Gasteiger partial charge in [-0.3, -0.25) is 4.68 Å². The Morgan fingerprint density at radius 1 is 1.27 bits per heavy atom. The molecule has 5 rings (SSSR count). The van der Waals surface area contributed by atoms with Crippen molar-refractivity contribution < 1.29 is 9.84 Å². The van der Waals surface area contributed by atoms with Gasteiger partial charge in [0.15, 0.2) is 11.5 Å². The first kappa shape index (κ1) is 21.4. The van der Waals surface area contributed by atoms with Gasteiger partial charge in [0, 0.05) is 30.6 Å². The fourth-order valence-electron chi connectivity index (χ4n) is 4.43. The van der Waals surface area contributed by atoms with E-state index in [2.05, 4.69) is 15.0 Å². The van der Waals surface area contributed by atoms with Gasteiger partial charge in [-0.05, 0) is 45.7 Å². The Balaban J connectivity index is 1.45. The van der Waals surface area contributed by atoms with Gasteiger partial charge in [-0.25, -0.2) is 9.97 Å². The normalized spacial score (nSPS) is 18.2. The minimum Gasteiger partial charge on any atom is -0.494 e. The topological polar surface area (TPSA) is 120 Å². The number of hydrogen-bond acceptors (Lipinski definition) is 8. The predicted molar refractivity (Wildman–Crippen MR) is 127 cm³/mol. The van der Waals surface area contributed by atoms with Crippen LogP contribution in [0.25, 0.3) is 16.6 Å². The number of nitrogen functional groups attached to an aromatic ring is 1. The highest BCUT2D eigenvalue weighted by Gasteiger charge is 2.29. The summed E-state index contributed by atoms with van der Waals surface area (Å²) in [7, 11) is 1.62. The Hall–Kier alpha value is -3.40. The highest BCUT2D eigenvalue weighted by atomic mass is 16.5. The molecule has 0 aliphatic carbocycles. The van der Waals surface area contributed by atoms with Gasteiger partial charge in [0.1, 0.15) is 11.3 Å². The molecule has 4 heterocycles. The lowest BCUT2D eigenvalue weighted by atomic mass is 9.97. The summed E-state index contributed by atoms with van der Waals surface area (Å²) in [4.78, 5) is 11.7. The minimum absolute atomic E-state index is 0.132. The van der Waals surface area contributed by atoms with Crippen LogP contribution in [0.4, 0.5) is 11.6 Å². The zero-order chi connectivity index (χ0) is 23.3. The van der Waals surface area contributed by atoms with Crippen molar-refractivity contribution in [1.29, 1.82) is 0 Å². The smallest absolute Gasteiger partial charge is 0.223 e. The number of para-hydroxylation sites is 1. The van der Waals surface area contributed by atoms with Gasteiger partial charge < -0.3 is 20.5 Å². The average molecular weight is 451 g/mol. The Morgan fingerprint density at radius 3 is 2.85 bits per heavy atom. The van der Waals surface area contributed by atoms with Crippen molar-refractivity contribution in [2.45, 2.75) is 51.2 Å². The molecule has 0 amide bonds. The molecular weight excluding hydrogens is 420 g/mol. The summed E-state index contributed by atoms with van der Waals surface area (Å²) in [5.41, 5.74) is 7.78. The van der Waals surface area contributed by atoms with Gasteiger partial charge in [0.2, 0.25) is 5.95 Å². The molecular formula is C23H30N8O2. The van der Waals surface area contributed by atoms with E-state index in [0.717, 1.165) is 42.8 Å². The molecule has 0 saturated carbocycles. The summed E-state index contributed by atoms with van der Waals surface area (Å²) in [6.07, 6.45) is 5.89. The summed E-state index contributed by atoms with van der Waals surface area (Å²) in [6.45, 7) is 7.29. The molecule has 0 bridgehead atoms. The Morgan fingerprint density at radius 2 is 2.09 bits per heavy atom. The van der Waals surface area contributed by atoms with E-state index in [-0.39, 0.29) is 17.9 Å². The van der Waals surface area contributed by atoms with E-state index >= 15 is 0 Å². The molecule has 1 fully saturated rings. The Kier molecular flexibility index (Phi) is 5.12. The van der Waals surface area contributed by atoms with E-state index in [1.54, 1.807) is 25.5 Å². The molecule has 3 N–H and O–H groups in total. The Bertz CT molecular complexity index is 1310. The highest BCUT2D eigenvalue weighted by Crippen LogP contribution is 2.32. The Labute approximate surface area is 192 Å². The molecule has 174 valence electrons. The van der Waals surface area contributed by atoms with Crippen LogP contribution in [0, 0.1) is 0 Å². The number of nitrogens with two attached hydrogens (primary N) is 1. The van der Waals surface area contributed by atoms with Crippen molar-refractivity contribution in [1.82, 2.24) is 29.4 Å². The molecule has 1 aromatic carbocycles. The van der Waals surface area contributed by atoms with Crippen molar-refractivity contribution in [2.24, 2.45) is 0 Å². The SMILES string of the molecule is COc1cccc2c1nc(N)n1nc([C@@H]3CCCN(c4cnn([C@@H](C)C(C)(C)O)c4)C3)nc21. The molecule has 10 nitrogen and oxygen atoms in total. The number of piperidine rings is 1. The monoisotopic (exact) mass is 450 g/mol. The van der Waals surface area contributed by atoms with Crippen LogP contribution in [0.2, 0.25) is 0 Å². The van der Waals surface area contributed by atoms with E-state index in [9.17, 15) is 5.11 Å². The lowest BCUT2D eigenvalue weighted by molar-refractivity contribution is 0.0258. The number of aromatic nitrogens is 6. The van der Waals surface area contributed by atoms with Crippen molar-refractivity contribution in [3.05, 3.63) is 36.4 Å². The lowest BCUT2D eigenvalue weighted by Crippen LogP contribution is -2.34. The van der Waals surface area contributed by atoms with Crippen molar-refractivity contribution in [2.75, 3.05) is 30.8 Å². The number of ether oxygens (including phenoxy) is 1. The summed E-state index contributed by atoms with van der Waals surface area (Å²) < 4.78 is 8.90. The largest absolute Gasteiger partial charge is 0.494 e. The minimum atomic E-state index is -0.854. The summed E-state index contributed by atoms with van der Waals surface area (Å²) in [6, 6.07) is 5.61. The first-order valence-corrected chi connectivity index (χ1v) is 11.3. The van der Waals surface area contributed by atoms with Gasteiger partial charge >= 0.3 is 0 Å². The molecule has 3 aromatic heterocycles. The second-order valence-electron chi connectivity index (χ2n) is 9.33. The molecule has 33 heavy (non-hydrogen) atoms. The second kappa shape index (κ2) is 7.87. The molecule has 10 heteroatoms. The molecule has 0 radical (unpaired) electrons. The maximum Gasteiger partial charge on any atom is 0.223 e. The molecule has 2 atom stereocenters. The van der Waals surface area contributed by atoms with E-state index in [1.165, 1.54) is 0 Å². The van der Waals surface area contributed by atoms with E-state index < -0.39 is 5.60 Å². The van der Waals surface area contributed by atoms with Crippen molar-refractivity contribution in [3.63, 3.8) is 0 Å². The third kappa shape index (κ3) is 3.74.